The molecule has 9 nitrogen and oxygen atoms in total. The molecule has 1 atom stereocenters. The minimum atomic E-state index is -0.700. The molecule has 156 valence electrons. The van der Waals surface area contributed by atoms with Gasteiger partial charge in [0.15, 0.2) is 5.78 Å². The van der Waals surface area contributed by atoms with Gasteiger partial charge in [0.05, 0.1) is 10.9 Å². The number of Topliss-reactive ketones (excluding diaryl/α,β-unsaturated/α-hetero) is 1. The van der Waals surface area contributed by atoms with Crippen LogP contribution in [0.1, 0.15) is 41.9 Å². The number of nitrogens with two attached hydrogens (primary N) is 1. The number of nitrogens with zero attached hydrogens (tertiary/aromatic N) is 5. The molecule has 30 heavy (non-hydrogen) atoms. The molecule has 1 saturated carbocycles. The Bertz CT molecular complexity index is 1240. The Kier molecular flexibility index (Phi) is 5.10. The molecule has 1 aromatic carbocycles. The monoisotopic (exact) mass is 426 g/mol. The summed E-state index contributed by atoms with van der Waals surface area (Å²) < 4.78 is 3.80. The number of anilines is 1. The molecule has 4 rings (SSSR count). The average molecular weight is 427 g/mol. The van der Waals surface area contributed by atoms with Gasteiger partial charge in [-0.3, -0.25) is 18.7 Å². The van der Waals surface area contributed by atoms with Gasteiger partial charge in [-0.05, 0) is 31.9 Å². The van der Waals surface area contributed by atoms with Crippen LogP contribution in [0.2, 0.25) is 0 Å². The topological polar surface area (TPSA) is 118 Å². The highest BCUT2D eigenvalue weighted by atomic mass is 32.2. The second-order valence-corrected chi connectivity index (χ2v) is 8.67. The summed E-state index contributed by atoms with van der Waals surface area (Å²) in [5.74, 6) is 0.644. The molecule has 2 aromatic heterocycles. The number of para-hydroxylation sites is 1. The maximum absolute atomic E-state index is 13.0. The zero-order valence-corrected chi connectivity index (χ0v) is 17.7. The first kappa shape index (κ1) is 20.1. The maximum atomic E-state index is 13.0. The van der Waals surface area contributed by atoms with Crippen molar-refractivity contribution in [2.45, 2.75) is 36.1 Å². The van der Waals surface area contributed by atoms with Gasteiger partial charge in [-0.25, -0.2) is 14.5 Å². The van der Waals surface area contributed by atoms with E-state index in [1.165, 1.54) is 25.9 Å². The van der Waals surface area contributed by atoms with E-state index in [2.05, 4.69) is 10.1 Å². The Hall–Kier alpha value is -3.14. The molecule has 0 amide bonds. The van der Waals surface area contributed by atoms with Gasteiger partial charge in [0.25, 0.3) is 5.56 Å². The molecule has 10 heteroatoms. The zero-order chi connectivity index (χ0) is 21.6. The molecule has 1 aliphatic rings. The third-order valence-corrected chi connectivity index (χ3v) is 6.12. The molecule has 0 unspecified atom stereocenters. The zero-order valence-electron chi connectivity index (χ0n) is 16.9. The van der Waals surface area contributed by atoms with Crippen LogP contribution in [0.15, 0.2) is 45.1 Å². The summed E-state index contributed by atoms with van der Waals surface area (Å²) in [5.41, 5.74) is 5.37. The van der Waals surface area contributed by atoms with Gasteiger partial charge < -0.3 is 5.73 Å². The number of carbonyl (C=O) groups excluding carboxylic acids is 1. The van der Waals surface area contributed by atoms with Crippen LogP contribution in [-0.2, 0) is 14.1 Å². The first-order valence-electron chi connectivity index (χ1n) is 9.58. The van der Waals surface area contributed by atoms with Crippen molar-refractivity contribution in [3.63, 3.8) is 0 Å². The summed E-state index contributed by atoms with van der Waals surface area (Å²) >= 11 is 1.17. The molecule has 1 fully saturated rings. The third-order valence-electron chi connectivity index (χ3n) is 5.16. The standard InChI is InChI=1S/C20H22N6O3S/c1-11(15(27)14-16(21)24(2)20(29)25(3)18(14)28)30-19-22-17(12-9-10-12)26(23-19)13-7-5-4-6-8-13/h4-8,11-12H,9-10,21H2,1-3H3/t11-/m1/s1. The van der Waals surface area contributed by atoms with Crippen molar-refractivity contribution in [3.8, 4) is 5.69 Å². The lowest BCUT2D eigenvalue weighted by Gasteiger charge is -2.13. The Morgan fingerprint density at radius 2 is 1.83 bits per heavy atom. The average Bonchev–Trinajstić information content (AvgIpc) is 3.51. The van der Waals surface area contributed by atoms with Crippen LogP contribution < -0.4 is 17.0 Å². The molecular formula is C20H22N6O3S. The molecule has 2 N–H and O–H groups in total. The molecule has 0 bridgehead atoms. The first-order chi connectivity index (χ1) is 14.3. The van der Waals surface area contributed by atoms with E-state index >= 15 is 0 Å². The summed E-state index contributed by atoms with van der Waals surface area (Å²) in [5, 5.41) is 4.40. The SMILES string of the molecule is C[C@@H](Sc1nc(C2CC2)n(-c2ccccc2)n1)C(=O)c1c(N)n(C)c(=O)n(C)c1=O. The van der Waals surface area contributed by atoms with Crippen LogP contribution in [0.4, 0.5) is 5.82 Å². The van der Waals surface area contributed by atoms with Gasteiger partial charge in [-0.2, -0.15) is 0 Å². The molecule has 2 heterocycles. The van der Waals surface area contributed by atoms with E-state index in [-0.39, 0.29) is 11.4 Å². The number of hydrogen-bond donors (Lipinski definition) is 1. The van der Waals surface area contributed by atoms with Gasteiger partial charge >= 0.3 is 5.69 Å². The van der Waals surface area contributed by atoms with Gasteiger partial charge in [0, 0.05) is 20.0 Å². The number of benzene rings is 1. The lowest BCUT2D eigenvalue weighted by Crippen LogP contribution is -2.42. The Balaban J connectivity index is 1.65. The highest BCUT2D eigenvalue weighted by Crippen LogP contribution is 2.40. The smallest absolute Gasteiger partial charge is 0.332 e. The van der Waals surface area contributed by atoms with E-state index in [0.29, 0.717) is 11.1 Å². The van der Waals surface area contributed by atoms with Crippen molar-refractivity contribution in [1.82, 2.24) is 23.9 Å². The van der Waals surface area contributed by atoms with Crippen molar-refractivity contribution >= 4 is 23.4 Å². The number of hydrogen-bond acceptors (Lipinski definition) is 7. The Morgan fingerprint density at radius 1 is 1.17 bits per heavy atom. The second kappa shape index (κ2) is 7.60. The molecule has 0 radical (unpaired) electrons. The summed E-state index contributed by atoms with van der Waals surface area (Å²) in [4.78, 5) is 42.2. The van der Waals surface area contributed by atoms with Gasteiger partial charge in [-0.1, -0.05) is 30.0 Å². The van der Waals surface area contributed by atoms with E-state index in [9.17, 15) is 14.4 Å². The van der Waals surface area contributed by atoms with Gasteiger partial charge in [0.2, 0.25) is 5.16 Å². The molecular weight excluding hydrogens is 404 g/mol. The minimum Gasteiger partial charge on any atom is -0.384 e. The van der Waals surface area contributed by atoms with Crippen molar-refractivity contribution in [1.29, 1.82) is 0 Å². The molecule has 0 saturated heterocycles. The van der Waals surface area contributed by atoms with Crippen molar-refractivity contribution < 1.29 is 4.79 Å². The molecule has 3 aromatic rings. The van der Waals surface area contributed by atoms with E-state index in [1.54, 1.807) is 6.92 Å². The highest BCUT2D eigenvalue weighted by molar-refractivity contribution is 8.00. The number of nitrogen functional groups attached to an aromatic ring is 1. The minimum absolute atomic E-state index is 0.137. The fourth-order valence-electron chi connectivity index (χ4n) is 3.23. The highest BCUT2D eigenvalue weighted by Gasteiger charge is 2.32. The predicted octanol–water partition coefficient (Wildman–Crippen LogP) is 1.49. The van der Waals surface area contributed by atoms with Crippen molar-refractivity contribution in [3.05, 3.63) is 62.6 Å². The Morgan fingerprint density at radius 3 is 2.47 bits per heavy atom. The van der Waals surface area contributed by atoms with E-state index in [0.717, 1.165) is 33.5 Å². The van der Waals surface area contributed by atoms with E-state index < -0.39 is 22.3 Å². The molecule has 1 aliphatic carbocycles. The van der Waals surface area contributed by atoms with Crippen molar-refractivity contribution in [2.75, 3.05) is 5.73 Å². The lowest BCUT2D eigenvalue weighted by molar-refractivity contribution is 0.0992. The predicted molar refractivity (Wildman–Crippen MR) is 114 cm³/mol. The van der Waals surface area contributed by atoms with Gasteiger partial charge in [0.1, 0.15) is 17.2 Å². The summed E-state index contributed by atoms with van der Waals surface area (Å²) in [7, 11) is 2.75. The Labute approximate surface area is 176 Å². The van der Waals surface area contributed by atoms with Crippen LogP contribution in [0.25, 0.3) is 5.69 Å². The fraction of sp³-hybridized carbons (Fsp3) is 0.350. The van der Waals surface area contributed by atoms with Crippen LogP contribution in [0.3, 0.4) is 0 Å². The fourth-order valence-corrected chi connectivity index (χ4v) is 4.04. The van der Waals surface area contributed by atoms with Gasteiger partial charge in [-0.15, -0.1) is 5.10 Å². The largest absolute Gasteiger partial charge is 0.384 e. The van der Waals surface area contributed by atoms with E-state index in [1.807, 2.05) is 35.0 Å². The normalized spacial score (nSPS) is 14.6. The summed E-state index contributed by atoms with van der Waals surface area (Å²) in [6.07, 6.45) is 2.13. The number of carbonyl (C=O) groups is 1. The van der Waals surface area contributed by atoms with Crippen LogP contribution in [-0.4, -0.2) is 34.9 Å². The summed E-state index contributed by atoms with van der Waals surface area (Å²) in [6.45, 7) is 1.68. The number of aromatic nitrogens is 5. The first-order valence-corrected chi connectivity index (χ1v) is 10.5. The van der Waals surface area contributed by atoms with Crippen LogP contribution in [0.5, 0.6) is 0 Å². The number of ketones is 1. The maximum Gasteiger partial charge on any atom is 0.332 e. The molecule has 0 spiro atoms. The second-order valence-electron chi connectivity index (χ2n) is 7.36. The summed E-state index contributed by atoms with van der Waals surface area (Å²) in [6, 6.07) is 9.72. The van der Waals surface area contributed by atoms with Crippen LogP contribution in [0, 0.1) is 0 Å². The van der Waals surface area contributed by atoms with E-state index in [4.69, 9.17) is 5.73 Å². The van der Waals surface area contributed by atoms with Crippen molar-refractivity contribution in [2.24, 2.45) is 14.1 Å². The third kappa shape index (κ3) is 3.47. The molecule has 0 aliphatic heterocycles. The number of rotatable bonds is 6. The number of thioether (sulfide) groups is 1. The quantitative estimate of drug-likeness (QED) is 0.469. The lowest BCUT2D eigenvalue weighted by atomic mass is 10.1. The van der Waals surface area contributed by atoms with Crippen LogP contribution >= 0.6 is 11.8 Å².